The highest BCUT2D eigenvalue weighted by atomic mass is 16.2. The van der Waals surface area contributed by atoms with E-state index < -0.39 is 6.04 Å². The normalized spacial score (nSPS) is 11.4. The zero-order valence-corrected chi connectivity index (χ0v) is 18.3. The van der Waals surface area contributed by atoms with Gasteiger partial charge in [-0.05, 0) is 61.0 Å². The molecule has 32 heavy (non-hydrogen) atoms. The third-order valence-corrected chi connectivity index (χ3v) is 5.10. The highest BCUT2D eigenvalue weighted by Gasteiger charge is 2.20. The van der Waals surface area contributed by atoms with Gasteiger partial charge >= 0.3 is 0 Å². The average molecular weight is 428 g/mol. The predicted molar refractivity (Wildman–Crippen MR) is 130 cm³/mol. The van der Waals surface area contributed by atoms with Crippen LogP contribution in [-0.4, -0.2) is 32.6 Å². The van der Waals surface area contributed by atoms with Crippen molar-refractivity contribution in [3.05, 3.63) is 95.6 Å². The number of hydrogen-bond donors (Lipinski definition) is 4. The predicted octanol–water partition coefficient (Wildman–Crippen LogP) is 3.70. The van der Waals surface area contributed by atoms with Crippen molar-refractivity contribution in [2.24, 2.45) is 0 Å². The lowest BCUT2D eigenvalue weighted by atomic mass is 10.0. The first-order valence-electron chi connectivity index (χ1n) is 10.8. The highest BCUT2D eigenvalue weighted by Crippen LogP contribution is 2.18. The van der Waals surface area contributed by atoms with E-state index in [0.717, 1.165) is 42.0 Å². The third kappa shape index (κ3) is 6.95. The van der Waals surface area contributed by atoms with Crippen LogP contribution in [0.15, 0.2) is 78.9 Å². The molecule has 0 bridgehead atoms. The summed E-state index contributed by atoms with van der Waals surface area (Å²) in [6, 6.07) is 26.6. The highest BCUT2D eigenvalue weighted by molar-refractivity contribution is 5.95. The molecule has 164 valence electrons. The van der Waals surface area contributed by atoms with Crippen LogP contribution in [-0.2, 0) is 11.2 Å². The molecule has 0 aliphatic heterocycles. The van der Waals surface area contributed by atoms with Gasteiger partial charge in [-0.2, -0.15) is 5.26 Å². The summed E-state index contributed by atoms with van der Waals surface area (Å²) in [6.45, 7) is 2.35. The van der Waals surface area contributed by atoms with Crippen molar-refractivity contribution in [1.29, 1.82) is 5.26 Å². The molecule has 3 aromatic carbocycles. The van der Waals surface area contributed by atoms with Gasteiger partial charge in [-0.3, -0.25) is 4.79 Å². The molecule has 1 amide bonds. The van der Waals surface area contributed by atoms with Gasteiger partial charge in [-0.15, -0.1) is 0 Å². The summed E-state index contributed by atoms with van der Waals surface area (Å²) in [5.74, 6) is -0.105. The van der Waals surface area contributed by atoms with Crippen LogP contribution in [0, 0.1) is 11.3 Å². The van der Waals surface area contributed by atoms with Gasteiger partial charge in [0.25, 0.3) is 0 Å². The molecule has 0 spiro atoms. The van der Waals surface area contributed by atoms with Crippen LogP contribution in [0.25, 0.3) is 0 Å². The van der Waals surface area contributed by atoms with Crippen LogP contribution in [0.4, 0.5) is 11.4 Å². The van der Waals surface area contributed by atoms with E-state index >= 15 is 0 Å². The fourth-order valence-corrected chi connectivity index (χ4v) is 3.33. The number of amides is 1. The molecule has 0 aromatic heterocycles. The number of benzene rings is 3. The molecule has 1 atom stereocenters. The van der Waals surface area contributed by atoms with Crippen LogP contribution in [0.2, 0.25) is 0 Å². The summed E-state index contributed by atoms with van der Waals surface area (Å²) in [5.41, 5.74) is 4.44. The maximum atomic E-state index is 13.1. The van der Waals surface area contributed by atoms with Gasteiger partial charge in [0, 0.05) is 31.0 Å². The van der Waals surface area contributed by atoms with Gasteiger partial charge in [0.1, 0.15) is 6.04 Å². The SMILES string of the molecule is CNCCNc1ccc(NC(=O)[C@@H](NCCc2ccc(C#N)cc2)c2ccccc2)cc1. The summed E-state index contributed by atoms with van der Waals surface area (Å²) < 4.78 is 0. The lowest BCUT2D eigenvalue weighted by molar-refractivity contribution is -0.118. The Morgan fingerprint density at radius 3 is 2.22 bits per heavy atom. The minimum absolute atomic E-state index is 0.105. The molecule has 3 aromatic rings. The molecule has 6 heteroatoms. The molecule has 4 N–H and O–H groups in total. The van der Waals surface area contributed by atoms with E-state index in [1.54, 1.807) is 0 Å². The lowest BCUT2D eigenvalue weighted by Gasteiger charge is -2.19. The van der Waals surface area contributed by atoms with Crippen LogP contribution in [0.5, 0.6) is 0 Å². The van der Waals surface area contributed by atoms with E-state index in [1.807, 2.05) is 85.9 Å². The van der Waals surface area contributed by atoms with Crippen LogP contribution >= 0.6 is 0 Å². The summed E-state index contributed by atoms with van der Waals surface area (Å²) in [5, 5.41) is 21.8. The molecule has 0 aliphatic carbocycles. The van der Waals surface area contributed by atoms with Gasteiger partial charge in [0.05, 0.1) is 11.6 Å². The molecule has 6 nitrogen and oxygen atoms in total. The monoisotopic (exact) mass is 427 g/mol. The third-order valence-electron chi connectivity index (χ3n) is 5.10. The number of hydrogen-bond acceptors (Lipinski definition) is 5. The Morgan fingerprint density at radius 1 is 0.875 bits per heavy atom. The van der Waals surface area contributed by atoms with Crippen molar-refractivity contribution in [1.82, 2.24) is 10.6 Å². The van der Waals surface area contributed by atoms with E-state index in [9.17, 15) is 4.79 Å². The van der Waals surface area contributed by atoms with E-state index in [0.29, 0.717) is 12.1 Å². The van der Waals surface area contributed by atoms with E-state index in [1.165, 1.54) is 0 Å². The first-order chi connectivity index (χ1) is 15.7. The Labute approximate surface area is 189 Å². The number of nitriles is 1. The fraction of sp³-hybridized carbons (Fsp3) is 0.231. The van der Waals surface area contributed by atoms with Gasteiger partial charge in [-0.25, -0.2) is 0 Å². The van der Waals surface area contributed by atoms with Crippen molar-refractivity contribution in [2.45, 2.75) is 12.5 Å². The Kier molecular flexibility index (Phi) is 8.81. The van der Waals surface area contributed by atoms with Crippen LogP contribution in [0.3, 0.4) is 0 Å². The van der Waals surface area contributed by atoms with Gasteiger partial charge in [0.15, 0.2) is 0 Å². The lowest BCUT2D eigenvalue weighted by Crippen LogP contribution is -2.34. The van der Waals surface area contributed by atoms with E-state index in [2.05, 4.69) is 27.3 Å². The minimum atomic E-state index is -0.469. The molecule has 0 radical (unpaired) electrons. The molecule has 0 saturated carbocycles. The smallest absolute Gasteiger partial charge is 0.246 e. The van der Waals surface area contributed by atoms with E-state index in [4.69, 9.17) is 5.26 Å². The zero-order chi connectivity index (χ0) is 22.6. The van der Waals surface area contributed by atoms with Crippen LogP contribution < -0.4 is 21.3 Å². The number of anilines is 2. The van der Waals surface area contributed by atoms with E-state index in [-0.39, 0.29) is 5.91 Å². The van der Waals surface area contributed by atoms with Crippen molar-refractivity contribution in [3.63, 3.8) is 0 Å². The number of carbonyl (C=O) groups excluding carboxylic acids is 1. The average Bonchev–Trinajstić information content (AvgIpc) is 2.84. The van der Waals surface area contributed by atoms with Crippen molar-refractivity contribution in [3.8, 4) is 6.07 Å². The molecule has 0 saturated heterocycles. The standard InChI is InChI=1S/C26H29N5O/c1-28-17-18-29-23-11-13-24(14-12-23)31-26(32)25(22-5-3-2-4-6-22)30-16-15-20-7-9-21(19-27)10-8-20/h2-14,25,28-30H,15-18H2,1H3,(H,31,32)/t25-/m0/s1. The second kappa shape index (κ2) is 12.3. The molecule has 0 unspecified atom stereocenters. The fourth-order valence-electron chi connectivity index (χ4n) is 3.33. The quantitative estimate of drug-likeness (QED) is 0.351. The molecular formula is C26H29N5O. The Hall–Kier alpha value is -3.66. The molecule has 0 heterocycles. The zero-order valence-electron chi connectivity index (χ0n) is 18.3. The first kappa shape index (κ1) is 23.0. The van der Waals surface area contributed by atoms with Gasteiger partial charge in [0.2, 0.25) is 5.91 Å². The van der Waals surface area contributed by atoms with Crippen molar-refractivity contribution < 1.29 is 4.79 Å². The Balaban J connectivity index is 1.61. The topological polar surface area (TPSA) is 89.0 Å². The van der Waals surface area contributed by atoms with Crippen molar-refractivity contribution >= 4 is 17.3 Å². The maximum absolute atomic E-state index is 13.1. The number of rotatable bonds is 11. The van der Waals surface area contributed by atoms with Crippen LogP contribution in [0.1, 0.15) is 22.7 Å². The van der Waals surface area contributed by atoms with Gasteiger partial charge < -0.3 is 21.3 Å². The first-order valence-corrected chi connectivity index (χ1v) is 10.8. The Morgan fingerprint density at radius 2 is 1.56 bits per heavy atom. The summed E-state index contributed by atoms with van der Waals surface area (Å²) in [6.07, 6.45) is 0.759. The molecule has 0 fully saturated rings. The summed E-state index contributed by atoms with van der Waals surface area (Å²) in [7, 11) is 1.92. The maximum Gasteiger partial charge on any atom is 0.246 e. The Bertz CT molecular complexity index is 1010. The number of nitrogens with zero attached hydrogens (tertiary/aromatic N) is 1. The second-order valence-corrected chi connectivity index (χ2v) is 7.45. The summed E-state index contributed by atoms with van der Waals surface area (Å²) in [4.78, 5) is 13.1. The van der Waals surface area contributed by atoms with Crippen molar-refractivity contribution in [2.75, 3.05) is 37.3 Å². The summed E-state index contributed by atoms with van der Waals surface area (Å²) >= 11 is 0. The largest absolute Gasteiger partial charge is 0.384 e. The minimum Gasteiger partial charge on any atom is -0.384 e. The number of likely N-dealkylation sites (N-methyl/N-ethyl adjacent to an activating group) is 1. The molecule has 0 aliphatic rings. The number of nitrogens with one attached hydrogen (secondary N) is 4. The second-order valence-electron chi connectivity index (χ2n) is 7.45. The number of carbonyl (C=O) groups is 1. The molecule has 3 rings (SSSR count). The molecular weight excluding hydrogens is 398 g/mol. The van der Waals surface area contributed by atoms with Gasteiger partial charge in [-0.1, -0.05) is 42.5 Å².